The number of hydrogen-bond donors (Lipinski definition) is 1. The van der Waals surface area contributed by atoms with Gasteiger partial charge < -0.3 is 10.5 Å². The van der Waals surface area contributed by atoms with E-state index in [9.17, 15) is 0 Å². The van der Waals surface area contributed by atoms with Crippen molar-refractivity contribution < 1.29 is 4.74 Å². The second-order valence-electron chi connectivity index (χ2n) is 5.08. The third-order valence-electron chi connectivity index (χ3n) is 3.87. The van der Waals surface area contributed by atoms with E-state index in [1.165, 1.54) is 9.75 Å². The van der Waals surface area contributed by atoms with Crippen molar-refractivity contribution in [1.29, 1.82) is 0 Å². The highest BCUT2D eigenvalue weighted by atomic mass is 79.9. The molecule has 2 N–H and O–H groups in total. The molecule has 96 valence electrons. The van der Waals surface area contributed by atoms with E-state index >= 15 is 0 Å². The fraction of sp³-hybridized carbons (Fsp3) is 0.692. The van der Waals surface area contributed by atoms with Gasteiger partial charge in [0.15, 0.2) is 0 Å². The van der Waals surface area contributed by atoms with E-state index in [0.717, 1.165) is 4.47 Å². The summed E-state index contributed by atoms with van der Waals surface area (Å²) in [6.07, 6.45) is 0.546. The third-order valence-corrected chi connectivity index (χ3v) is 5.94. The first-order chi connectivity index (χ1) is 7.91. The van der Waals surface area contributed by atoms with Gasteiger partial charge in [-0.25, -0.2) is 0 Å². The average Bonchev–Trinajstić information content (AvgIpc) is 2.68. The molecule has 17 heavy (non-hydrogen) atoms. The molecule has 0 radical (unpaired) electrons. The highest BCUT2D eigenvalue weighted by Crippen LogP contribution is 2.43. The Morgan fingerprint density at radius 1 is 1.35 bits per heavy atom. The maximum atomic E-state index is 6.46. The molecule has 0 bridgehead atoms. The van der Waals surface area contributed by atoms with Crippen LogP contribution in [0.3, 0.4) is 0 Å². The lowest BCUT2D eigenvalue weighted by molar-refractivity contribution is 0.0490. The first-order valence-corrected chi connectivity index (χ1v) is 7.69. The summed E-state index contributed by atoms with van der Waals surface area (Å²) in [6, 6.07) is 2.21. The zero-order valence-corrected chi connectivity index (χ0v) is 13.1. The van der Waals surface area contributed by atoms with Crippen LogP contribution in [0.25, 0.3) is 0 Å². The summed E-state index contributed by atoms with van der Waals surface area (Å²) in [5.74, 6) is 0.911. The summed E-state index contributed by atoms with van der Waals surface area (Å²) in [6.45, 7) is 8.64. The van der Waals surface area contributed by atoms with Crippen LogP contribution in [-0.2, 0) is 4.74 Å². The van der Waals surface area contributed by atoms with Gasteiger partial charge in [0, 0.05) is 26.2 Å². The summed E-state index contributed by atoms with van der Waals surface area (Å²) in [4.78, 5) is 2.55. The molecule has 4 heteroatoms. The number of halogens is 1. The Hall–Kier alpha value is 0.1000. The van der Waals surface area contributed by atoms with Crippen LogP contribution >= 0.6 is 27.3 Å². The lowest BCUT2D eigenvalue weighted by Gasteiger charge is -2.25. The van der Waals surface area contributed by atoms with E-state index in [2.05, 4.69) is 49.7 Å². The third kappa shape index (κ3) is 2.46. The summed E-state index contributed by atoms with van der Waals surface area (Å²) in [7, 11) is 0. The molecule has 0 aromatic carbocycles. The summed E-state index contributed by atoms with van der Waals surface area (Å²) >= 11 is 5.40. The maximum Gasteiger partial charge on any atom is 0.0600 e. The van der Waals surface area contributed by atoms with Crippen molar-refractivity contribution in [3.8, 4) is 0 Å². The molecule has 2 nitrogen and oxygen atoms in total. The molecule has 1 saturated heterocycles. The van der Waals surface area contributed by atoms with E-state index < -0.39 is 0 Å². The van der Waals surface area contributed by atoms with E-state index in [-0.39, 0.29) is 12.1 Å². The van der Waals surface area contributed by atoms with Crippen molar-refractivity contribution in [3.05, 3.63) is 20.3 Å². The number of nitrogens with two attached hydrogens (primary N) is 1. The van der Waals surface area contributed by atoms with Gasteiger partial charge >= 0.3 is 0 Å². The van der Waals surface area contributed by atoms with Gasteiger partial charge in [0.2, 0.25) is 0 Å². The maximum absolute atomic E-state index is 6.46. The number of aryl methyl sites for hydroxylation is 1. The first-order valence-electron chi connectivity index (χ1n) is 6.08. The molecule has 0 amide bonds. The molecule has 1 aromatic rings. The number of rotatable bonds is 2. The van der Waals surface area contributed by atoms with Crippen LogP contribution < -0.4 is 5.73 Å². The van der Waals surface area contributed by atoms with Crippen LogP contribution in [0.1, 0.15) is 36.6 Å². The zero-order chi connectivity index (χ0) is 12.7. The molecule has 1 aliphatic heterocycles. The molecule has 2 heterocycles. The Bertz CT molecular complexity index is 406. The minimum atomic E-state index is 0.0676. The lowest BCUT2D eigenvalue weighted by atomic mass is 9.83. The normalized spacial score (nSPS) is 35.2. The monoisotopic (exact) mass is 317 g/mol. The molecule has 0 saturated carbocycles. The molecule has 1 aromatic heterocycles. The molecule has 5 atom stereocenters. The number of thiophene rings is 1. The second-order valence-corrected chi connectivity index (χ2v) is 7.22. The van der Waals surface area contributed by atoms with Crippen LogP contribution in [0.15, 0.2) is 10.5 Å². The van der Waals surface area contributed by atoms with Gasteiger partial charge in [-0.05, 0) is 48.7 Å². The van der Waals surface area contributed by atoms with Crippen molar-refractivity contribution in [1.82, 2.24) is 0 Å². The van der Waals surface area contributed by atoms with E-state index in [0.29, 0.717) is 17.9 Å². The predicted molar refractivity (Wildman–Crippen MR) is 76.3 cm³/mol. The number of hydrogen-bond acceptors (Lipinski definition) is 3. The molecule has 2 rings (SSSR count). The molecular weight excluding hydrogens is 298 g/mol. The molecule has 5 unspecified atom stereocenters. The Morgan fingerprint density at radius 3 is 2.41 bits per heavy atom. The van der Waals surface area contributed by atoms with Gasteiger partial charge in [-0.15, -0.1) is 11.3 Å². The van der Waals surface area contributed by atoms with Crippen molar-refractivity contribution in [3.63, 3.8) is 0 Å². The minimum absolute atomic E-state index is 0.0676. The van der Waals surface area contributed by atoms with Gasteiger partial charge in [-0.1, -0.05) is 6.92 Å². The van der Waals surface area contributed by atoms with Gasteiger partial charge in [0.25, 0.3) is 0 Å². The van der Waals surface area contributed by atoms with Crippen LogP contribution in [0, 0.1) is 18.8 Å². The largest absolute Gasteiger partial charge is 0.375 e. The van der Waals surface area contributed by atoms with Crippen molar-refractivity contribution in [2.24, 2.45) is 17.6 Å². The number of ether oxygens (including phenoxy) is 1. The van der Waals surface area contributed by atoms with E-state index in [1.807, 2.05) is 0 Å². The molecular formula is C13H20BrNOS. The van der Waals surface area contributed by atoms with Crippen molar-refractivity contribution in [2.45, 2.75) is 45.9 Å². The van der Waals surface area contributed by atoms with Gasteiger partial charge in [0.1, 0.15) is 0 Å². The Labute approximate surface area is 116 Å². The van der Waals surface area contributed by atoms with Gasteiger partial charge in [0.05, 0.1) is 12.2 Å². The first kappa shape index (κ1) is 13.5. The lowest BCUT2D eigenvalue weighted by Crippen LogP contribution is -2.30. The van der Waals surface area contributed by atoms with Crippen LogP contribution in [0.4, 0.5) is 0 Å². The highest BCUT2D eigenvalue weighted by Gasteiger charge is 2.41. The smallest absolute Gasteiger partial charge is 0.0600 e. The van der Waals surface area contributed by atoms with Crippen LogP contribution in [-0.4, -0.2) is 12.2 Å². The van der Waals surface area contributed by atoms with E-state index in [4.69, 9.17) is 10.5 Å². The summed E-state index contributed by atoms with van der Waals surface area (Å²) in [5, 5.41) is 0. The predicted octanol–water partition coefficient (Wildman–Crippen LogP) is 3.88. The highest BCUT2D eigenvalue weighted by molar-refractivity contribution is 9.10. The molecule has 0 aliphatic carbocycles. The van der Waals surface area contributed by atoms with E-state index in [1.54, 1.807) is 11.3 Å². The van der Waals surface area contributed by atoms with Crippen LogP contribution in [0.2, 0.25) is 0 Å². The van der Waals surface area contributed by atoms with Gasteiger partial charge in [-0.2, -0.15) is 0 Å². The topological polar surface area (TPSA) is 35.2 Å². The van der Waals surface area contributed by atoms with Gasteiger partial charge in [-0.3, -0.25) is 0 Å². The SMILES string of the molecule is Cc1cc(Br)c(C(N)C2C(C)OC(C)C2C)s1. The molecule has 1 aliphatic rings. The summed E-state index contributed by atoms with van der Waals surface area (Å²) in [5.41, 5.74) is 6.46. The minimum Gasteiger partial charge on any atom is -0.375 e. The summed E-state index contributed by atoms with van der Waals surface area (Å²) < 4.78 is 7.03. The standard InChI is InChI=1S/C13H20BrNOS/c1-6-5-10(14)13(17-6)12(15)11-7(2)8(3)16-9(11)4/h5,7-9,11-12H,15H2,1-4H3. The fourth-order valence-electron chi connectivity index (χ4n) is 2.82. The molecule has 0 spiro atoms. The Morgan fingerprint density at radius 2 is 2.00 bits per heavy atom. The fourth-order valence-corrected chi connectivity index (χ4v) is 4.79. The second kappa shape index (κ2) is 5.00. The average molecular weight is 318 g/mol. The Kier molecular flexibility index (Phi) is 3.98. The van der Waals surface area contributed by atoms with Crippen molar-refractivity contribution >= 4 is 27.3 Å². The zero-order valence-electron chi connectivity index (χ0n) is 10.7. The quantitative estimate of drug-likeness (QED) is 0.898. The van der Waals surface area contributed by atoms with Crippen LogP contribution in [0.5, 0.6) is 0 Å². The molecule has 1 fully saturated rings. The van der Waals surface area contributed by atoms with Crippen molar-refractivity contribution in [2.75, 3.05) is 0 Å². The Balaban J connectivity index is 2.25.